The Labute approximate surface area is 78.5 Å². The fourth-order valence-corrected chi connectivity index (χ4v) is 1.14. The van der Waals surface area contributed by atoms with Crippen LogP contribution in [-0.2, 0) is 0 Å². The van der Waals surface area contributed by atoms with Crippen molar-refractivity contribution in [3.05, 3.63) is 21.9 Å². The summed E-state index contributed by atoms with van der Waals surface area (Å²) in [6.45, 7) is 0. The number of hydrogen-bond donors (Lipinski definition) is 2. The van der Waals surface area contributed by atoms with E-state index in [0.717, 1.165) is 0 Å². The number of halogens is 2. The number of aromatic amines is 1. The maximum atomic E-state index is 10.7. The molecule has 1 heterocycles. The Morgan fingerprint density at radius 3 is 2.58 bits per heavy atom. The molecule has 1 rings (SSSR count). The maximum absolute atomic E-state index is 10.7. The minimum atomic E-state index is -0.677. The Hall–Kier alpha value is -1.00. The number of nitrogen functional groups attached to an aromatic ring is 1. The molecule has 12 heavy (non-hydrogen) atoms. The molecule has 0 aromatic carbocycles. The van der Waals surface area contributed by atoms with Crippen LogP contribution >= 0.6 is 23.2 Å². The first-order chi connectivity index (χ1) is 5.54. The first-order valence-corrected chi connectivity index (χ1v) is 3.74. The normalized spacial score (nSPS) is 9.83. The number of nitrogens with one attached hydrogen (secondary N) is 1. The number of primary amides is 1. The number of carbonyl (C=O) groups excluding carboxylic acids is 1. The number of aromatic nitrogens is 1. The lowest BCUT2D eigenvalue weighted by molar-refractivity contribution is -0.381. The number of carbonyl (C=O) groups is 1. The molecular formula is C6H6Cl2N3O+. The first kappa shape index (κ1) is 9.09. The Kier molecular flexibility index (Phi) is 2.40. The van der Waals surface area contributed by atoms with Gasteiger partial charge in [0, 0.05) is 0 Å². The molecule has 0 aliphatic rings. The molecule has 0 fully saturated rings. The molecule has 0 saturated heterocycles. The molecule has 0 atom stereocenters. The summed E-state index contributed by atoms with van der Waals surface area (Å²) in [5.41, 5.74) is 10.6. The summed E-state index contributed by atoms with van der Waals surface area (Å²) in [6.07, 6.45) is 1.35. The Balaban J connectivity index is 3.36. The molecule has 64 valence electrons. The molecule has 0 radical (unpaired) electrons. The average Bonchev–Trinajstić information content (AvgIpc) is 2.00. The van der Waals surface area contributed by atoms with Crippen molar-refractivity contribution in [1.82, 2.24) is 0 Å². The van der Waals surface area contributed by atoms with E-state index < -0.39 is 5.91 Å². The van der Waals surface area contributed by atoms with Gasteiger partial charge in [-0.3, -0.25) is 4.79 Å². The fourth-order valence-electron chi connectivity index (χ4n) is 0.695. The molecule has 6 heteroatoms. The molecule has 0 saturated carbocycles. The van der Waals surface area contributed by atoms with Crippen LogP contribution in [0.15, 0.2) is 6.20 Å². The van der Waals surface area contributed by atoms with Crippen LogP contribution in [0.2, 0.25) is 10.0 Å². The van der Waals surface area contributed by atoms with Crippen LogP contribution in [0.5, 0.6) is 0 Å². The van der Waals surface area contributed by atoms with Crippen molar-refractivity contribution in [2.75, 3.05) is 5.73 Å². The van der Waals surface area contributed by atoms with Crippen LogP contribution in [0.3, 0.4) is 0 Å². The van der Waals surface area contributed by atoms with Gasteiger partial charge in [-0.2, -0.15) is 0 Å². The fraction of sp³-hybridized carbons (Fsp3) is 0. The van der Waals surface area contributed by atoms with Gasteiger partial charge in [-0.15, -0.1) is 0 Å². The van der Waals surface area contributed by atoms with Crippen LogP contribution in [0.4, 0.5) is 5.69 Å². The van der Waals surface area contributed by atoms with Crippen LogP contribution in [0, 0.1) is 0 Å². The maximum Gasteiger partial charge on any atom is 0.315 e. The summed E-state index contributed by atoms with van der Waals surface area (Å²) in [5, 5.41) is 0.306. The van der Waals surface area contributed by atoms with Gasteiger partial charge < -0.3 is 11.5 Å². The molecule has 0 spiro atoms. The van der Waals surface area contributed by atoms with Gasteiger partial charge in [-0.05, 0) is 0 Å². The topological polar surface area (TPSA) is 83.2 Å². The van der Waals surface area contributed by atoms with Crippen LogP contribution in [0.1, 0.15) is 10.5 Å². The standard InChI is InChI=1S/C6H5Cl2N3O/c7-2-1-11-5(6(10)12)3(8)4(2)9/h1H,(H2,9,11)(H2,10,12)/p+1. The number of amides is 1. The second-order valence-corrected chi connectivity index (χ2v) is 2.89. The number of hydrogen-bond acceptors (Lipinski definition) is 2. The minimum Gasteiger partial charge on any atom is -0.396 e. The SMILES string of the molecule is NC(=O)c1[nH+]cc(Cl)c(N)c1Cl. The van der Waals surface area contributed by atoms with Gasteiger partial charge >= 0.3 is 5.91 Å². The molecule has 5 N–H and O–H groups in total. The molecule has 0 aliphatic carbocycles. The van der Waals surface area contributed by atoms with Crippen LogP contribution < -0.4 is 16.5 Å². The lowest BCUT2D eigenvalue weighted by Gasteiger charge is -1.97. The monoisotopic (exact) mass is 206 g/mol. The molecule has 1 amide bonds. The Morgan fingerprint density at radius 1 is 1.50 bits per heavy atom. The van der Waals surface area contributed by atoms with E-state index in [1.807, 2.05) is 0 Å². The summed E-state index contributed by atoms with van der Waals surface area (Å²) >= 11 is 11.2. The number of pyridine rings is 1. The van der Waals surface area contributed by atoms with Crippen molar-refractivity contribution in [3.8, 4) is 0 Å². The van der Waals surface area contributed by atoms with Crippen molar-refractivity contribution < 1.29 is 9.78 Å². The lowest BCUT2D eigenvalue weighted by atomic mass is 10.3. The zero-order chi connectivity index (χ0) is 9.30. The lowest BCUT2D eigenvalue weighted by Crippen LogP contribution is -2.24. The summed E-state index contributed by atoms with van der Waals surface area (Å²) in [5.74, 6) is -0.677. The van der Waals surface area contributed by atoms with E-state index in [2.05, 4.69) is 4.98 Å². The number of anilines is 1. The van der Waals surface area contributed by atoms with Gasteiger partial charge in [-0.25, -0.2) is 4.98 Å². The third-order valence-corrected chi connectivity index (χ3v) is 2.01. The molecule has 0 unspecified atom stereocenters. The molecule has 0 aliphatic heterocycles. The third kappa shape index (κ3) is 1.44. The second-order valence-electron chi connectivity index (χ2n) is 2.10. The van der Waals surface area contributed by atoms with E-state index in [1.165, 1.54) is 6.20 Å². The third-order valence-electron chi connectivity index (χ3n) is 1.30. The summed E-state index contributed by atoms with van der Waals surface area (Å²) in [4.78, 5) is 13.2. The van der Waals surface area contributed by atoms with Crippen molar-refractivity contribution in [3.63, 3.8) is 0 Å². The summed E-state index contributed by atoms with van der Waals surface area (Å²) in [6, 6.07) is 0. The van der Waals surface area contributed by atoms with Gasteiger partial charge in [0.2, 0.25) is 0 Å². The number of nitrogens with two attached hydrogens (primary N) is 2. The molecule has 0 bridgehead atoms. The highest BCUT2D eigenvalue weighted by Crippen LogP contribution is 2.26. The first-order valence-electron chi connectivity index (χ1n) is 2.99. The predicted octanol–water partition coefficient (Wildman–Crippen LogP) is 0.489. The zero-order valence-corrected chi connectivity index (χ0v) is 7.41. The molecule has 1 aromatic heterocycles. The van der Waals surface area contributed by atoms with Crippen LogP contribution in [0.25, 0.3) is 0 Å². The van der Waals surface area contributed by atoms with Crippen molar-refractivity contribution >= 4 is 34.8 Å². The minimum absolute atomic E-state index is 0.0509. The van der Waals surface area contributed by atoms with Gasteiger partial charge in [0.1, 0.15) is 10.0 Å². The summed E-state index contributed by atoms with van der Waals surface area (Å²) < 4.78 is 0. The van der Waals surface area contributed by atoms with Gasteiger partial charge in [0.05, 0.1) is 5.69 Å². The Morgan fingerprint density at radius 2 is 2.08 bits per heavy atom. The zero-order valence-electron chi connectivity index (χ0n) is 5.90. The van der Waals surface area contributed by atoms with Crippen molar-refractivity contribution in [2.45, 2.75) is 0 Å². The van der Waals surface area contributed by atoms with Crippen molar-refractivity contribution in [2.24, 2.45) is 5.73 Å². The van der Waals surface area contributed by atoms with Gasteiger partial charge in [0.15, 0.2) is 6.20 Å². The quantitative estimate of drug-likeness (QED) is 0.702. The van der Waals surface area contributed by atoms with E-state index in [4.69, 9.17) is 34.7 Å². The van der Waals surface area contributed by atoms with Gasteiger partial charge in [0.25, 0.3) is 5.69 Å². The molecule has 4 nitrogen and oxygen atoms in total. The van der Waals surface area contributed by atoms with E-state index in [0.29, 0.717) is 0 Å². The molecule has 1 aromatic rings. The summed E-state index contributed by atoms with van der Waals surface area (Å²) in [7, 11) is 0. The van der Waals surface area contributed by atoms with E-state index in [9.17, 15) is 4.79 Å². The highest BCUT2D eigenvalue weighted by atomic mass is 35.5. The van der Waals surface area contributed by atoms with Crippen LogP contribution in [-0.4, -0.2) is 5.91 Å². The van der Waals surface area contributed by atoms with E-state index in [1.54, 1.807) is 0 Å². The molecular weight excluding hydrogens is 201 g/mol. The number of H-pyrrole nitrogens is 1. The van der Waals surface area contributed by atoms with E-state index in [-0.39, 0.29) is 21.4 Å². The Bertz CT molecular complexity index is 340. The van der Waals surface area contributed by atoms with E-state index >= 15 is 0 Å². The average molecular weight is 207 g/mol. The smallest absolute Gasteiger partial charge is 0.315 e. The second kappa shape index (κ2) is 3.16. The largest absolute Gasteiger partial charge is 0.396 e. The van der Waals surface area contributed by atoms with Gasteiger partial charge in [-0.1, -0.05) is 23.2 Å². The highest BCUT2D eigenvalue weighted by molar-refractivity contribution is 6.40. The highest BCUT2D eigenvalue weighted by Gasteiger charge is 2.19. The predicted molar refractivity (Wildman–Crippen MR) is 45.9 cm³/mol. The number of rotatable bonds is 1. The van der Waals surface area contributed by atoms with Crippen molar-refractivity contribution in [1.29, 1.82) is 0 Å².